The van der Waals surface area contributed by atoms with E-state index >= 15 is 8.78 Å². The minimum atomic E-state index is -2.52. The lowest BCUT2D eigenvalue weighted by atomic mass is 9.77. The van der Waals surface area contributed by atoms with Crippen LogP contribution in [0.15, 0.2) is 36.4 Å². The van der Waals surface area contributed by atoms with Crippen molar-refractivity contribution in [2.75, 3.05) is 98.2 Å². The van der Waals surface area contributed by atoms with Crippen molar-refractivity contribution in [1.29, 1.82) is 0 Å². The second-order valence-corrected chi connectivity index (χ2v) is 16.5. The Bertz CT molecular complexity index is 2830. The number of fused-ring (bicyclic) bond motifs is 6. The second-order valence-electron chi connectivity index (χ2n) is 16.5. The highest BCUT2D eigenvalue weighted by Crippen LogP contribution is 2.60. The number of halogens is 2. The smallest absolute Gasteiger partial charge is 0.344 e. The van der Waals surface area contributed by atoms with Crippen LogP contribution in [0.2, 0.25) is 0 Å². The highest BCUT2D eigenvalue weighted by molar-refractivity contribution is 6.02. The third-order valence-electron chi connectivity index (χ3n) is 10.6. The molecule has 5 rings (SSSR count). The number of ether oxygens (including phenoxy) is 16. The van der Waals surface area contributed by atoms with Crippen molar-refractivity contribution in [1.82, 2.24) is 4.90 Å². The molecule has 0 radical (unpaired) electrons. The van der Waals surface area contributed by atoms with E-state index in [1.54, 1.807) is 0 Å². The van der Waals surface area contributed by atoms with Crippen LogP contribution >= 0.6 is 0 Å². The molecular formula is C50H52F2N2O27. The van der Waals surface area contributed by atoms with Gasteiger partial charge >= 0.3 is 65.7 Å². The molecule has 2 aliphatic heterocycles. The van der Waals surface area contributed by atoms with Crippen LogP contribution in [0.25, 0.3) is 0 Å². The van der Waals surface area contributed by atoms with Gasteiger partial charge in [0.15, 0.2) is 22.9 Å². The summed E-state index contributed by atoms with van der Waals surface area (Å²) in [5.41, 5.74) is -4.52. The van der Waals surface area contributed by atoms with Gasteiger partial charge in [-0.1, -0.05) is 6.07 Å². The molecule has 0 aliphatic carbocycles. The molecule has 3 aromatic carbocycles. The van der Waals surface area contributed by atoms with E-state index in [0.29, 0.717) is 0 Å². The van der Waals surface area contributed by atoms with Crippen molar-refractivity contribution in [2.24, 2.45) is 0 Å². The van der Waals surface area contributed by atoms with Crippen LogP contribution in [0.3, 0.4) is 0 Å². The Morgan fingerprint density at radius 2 is 1.00 bits per heavy atom. The van der Waals surface area contributed by atoms with Gasteiger partial charge in [-0.3, -0.25) is 52.8 Å². The number of anilines is 1. The molecule has 0 saturated carbocycles. The van der Waals surface area contributed by atoms with Gasteiger partial charge in [0.2, 0.25) is 40.8 Å². The zero-order valence-electron chi connectivity index (χ0n) is 44.0. The maximum absolute atomic E-state index is 17.0. The highest BCUT2D eigenvalue weighted by atomic mass is 19.1. The molecule has 3 aromatic rings. The first kappa shape index (κ1) is 62.5. The Kier molecular flexibility index (Phi) is 22.8. The topological polar surface area (TPSA) is 342 Å². The first-order valence-electron chi connectivity index (χ1n) is 23.6. The Hall–Kier alpha value is -9.39. The molecule has 1 spiro atoms. The van der Waals surface area contributed by atoms with E-state index < -0.39 is 191 Å². The van der Waals surface area contributed by atoms with Crippen LogP contribution in [0, 0.1) is 11.6 Å². The average molecular weight is 1150 g/mol. The first-order valence-corrected chi connectivity index (χ1v) is 23.6. The van der Waals surface area contributed by atoms with Crippen LogP contribution in [-0.2, 0) is 110 Å². The van der Waals surface area contributed by atoms with Crippen molar-refractivity contribution in [2.45, 2.75) is 47.1 Å². The molecule has 0 N–H and O–H groups in total. The fraction of sp³-hybridized carbons (Fsp3) is 0.420. The molecule has 0 saturated heterocycles. The molecule has 0 fully saturated rings. The summed E-state index contributed by atoms with van der Waals surface area (Å²) >= 11 is 0. The van der Waals surface area contributed by atoms with Gasteiger partial charge in [0.25, 0.3) is 0 Å². The average Bonchev–Trinajstić information content (AvgIpc) is 3.80. The Morgan fingerprint density at radius 1 is 0.506 bits per heavy atom. The zero-order valence-corrected chi connectivity index (χ0v) is 44.0. The largest absolute Gasteiger partial charge is 0.488 e. The van der Waals surface area contributed by atoms with Gasteiger partial charge in [-0.15, -0.1) is 0 Å². The van der Waals surface area contributed by atoms with Crippen molar-refractivity contribution < 1.29 is 137 Å². The van der Waals surface area contributed by atoms with Crippen LogP contribution in [0.5, 0.6) is 28.7 Å². The number of rotatable bonds is 30. The number of hydrogen-bond acceptors (Lipinski definition) is 29. The van der Waals surface area contributed by atoms with Crippen LogP contribution in [0.1, 0.15) is 68.6 Å². The summed E-state index contributed by atoms with van der Waals surface area (Å²) in [6.45, 7) is -2.71. The van der Waals surface area contributed by atoms with E-state index in [9.17, 15) is 52.7 Å². The Labute approximate surface area is 457 Å². The first-order chi connectivity index (χ1) is 38.5. The molecule has 81 heavy (non-hydrogen) atoms. The number of hydrogen-bond donors (Lipinski definition) is 0. The number of carbonyl (C=O) groups excluding carboxylic acids is 11. The predicted octanol–water partition coefficient (Wildman–Crippen LogP) is 2.09. The summed E-state index contributed by atoms with van der Waals surface area (Å²) < 4.78 is 116. The minimum absolute atomic E-state index is 0.207. The highest BCUT2D eigenvalue weighted by Gasteiger charge is 2.57. The lowest BCUT2D eigenvalue weighted by molar-refractivity contribution is -0.170. The van der Waals surface area contributed by atoms with Gasteiger partial charge in [0.05, 0.1) is 43.1 Å². The van der Waals surface area contributed by atoms with Crippen molar-refractivity contribution in [3.8, 4) is 28.7 Å². The van der Waals surface area contributed by atoms with Crippen molar-refractivity contribution in [3.05, 3.63) is 70.3 Å². The van der Waals surface area contributed by atoms with Gasteiger partial charge in [0, 0.05) is 71.8 Å². The lowest BCUT2D eigenvalue weighted by Crippen LogP contribution is -2.39. The summed E-state index contributed by atoms with van der Waals surface area (Å²) in [4.78, 5) is 137. The van der Waals surface area contributed by atoms with E-state index in [1.807, 2.05) is 0 Å². The van der Waals surface area contributed by atoms with E-state index in [4.69, 9.17) is 66.3 Å². The normalized spacial score (nSPS) is 13.3. The number of carbonyl (C=O) groups is 11. The van der Waals surface area contributed by atoms with Crippen molar-refractivity contribution in [3.63, 3.8) is 0 Å². The molecular weight excluding hydrogens is 1100 g/mol. The van der Waals surface area contributed by atoms with Crippen LogP contribution < -0.4 is 23.8 Å². The summed E-state index contributed by atoms with van der Waals surface area (Å²) in [7, 11) is 0. The van der Waals surface area contributed by atoms with Crippen LogP contribution in [-0.4, -0.2) is 164 Å². The molecule has 29 nitrogen and oxygen atoms in total. The van der Waals surface area contributed by atoms with E-state index in [0.717, 1.165) is 70.7 Å². The van der Waals surface area contributed by atoms with Gasteiger partial charge in [-0.05, 0) is 12.1 Å². The third kappa shape index (κ3) is 18.1. The summed E-state index contributed by atoms with van der Waals surface area (Å²) in [5, 5.41) is 0. The predicted molar refractivity (Wildman–Crippen MR) is 255 cm³/mol. The standard InChI is InChI=1S/C50H52F2N2O27/c1-27(55)68-21-74-33-13-37(52)47-41(14-33)80-39-16-40(75-22-69-28(2)56)36(51)15-35(39)50(47)34-7-8-38(54(19-44(63)78-25-72-31(5)59)20-45(64)79-26-73-32(6)60)48(46(34)49(65)81-50)67-12-11-66-10-9-53(17-42(61)76-23-70-29(3)57)18-43(62)77-24-71-30(4)58/h7-8,13-16H,9-12,17-26H2,1-6H3. The van der Waals surface area contributed by atoms with Gasteiger partial charge in [-0.2, -0.15) is 0 Å². The number of benzene rings is 3. The SMILES string of the molecule is CC(=O)OCOC(=O)CN(CCOCCOc1c(N(CC(=O)OCOC(C)=O)CC(=O)OCOC(C)=O)ccc2c1C(=O)OC21c2cc(F)c(OCOC(C)=O)cc2Oc2cc(OCOC(C)=O)cc(F)c21)CC(=O)OCOC(C)=O. The molecule has 0 bridgehead atoms. The second kappa shape index (κ2) is 29.5. The summed E-state index contributed by atoms with van der Waals surface area (Å²) in [6, 6.07) is 6.12. The number of esters is 11. The Morgan fingerprint density at radius 3 is 1.52 bits per heavy atom. The van der Waals surface area contributed by atoms with Gasteiger partial charge in [-0.25, -0.2) is 13.6 Å². The fourth-order valence-corrected chi connectivity index (χ4v) is 7.28. The van der Waals surface area contributed by atoms with E-state index in [1.165, 1.54) is 17.0 Å². The van der Waals surface area contributed by atoms with Crippen molar-refractivity contribution >= 4 is 71.3 Å². The van der Waals surface area contributed by atoms with Gasteiger partial charge in [0.1, 0.15) is 48.3 Å². The monoisotopic (exact) mass is 1150 g/mol. The van der Waals surface area contributed by atoms with E-state index in [2.05, 4.69) is 9.47 Å². The zero-order chi connectivity index (χ0) is 59.4. The molecule has 438 valence electrons. The minimum Gasteiger partial charge on any atom is -0.488 e. The third-order valence-corrected chi connectivity index (χ3v) is 10.6. The van der Waals surface area contributed by atoms with Crippen LogP contribution in [0.4, 0.5) is 14.5 Å². The molecule has 1 unspecified atom stereocenters. The molecule has 1 atom stereocenters. The molecule has 0 amide bonds. The van der Waals surface area contributed by atoms with E-state index in [-0.39, 0.29) is 41.5 Å². The quantitative estimate of drug-likeness (QED) is 0.0399. The summed E-state index contributed by atoms with van der Waals surface area (Å²) in [6.07, 6.45) is 0. The molecule has 0 aromatic heterocycles. The maximum atomic E-state index is 17.0. The fourth-order valence-electron chi connectivity index (χ4n) is 7.28. The lowest BCUT2D eigenvalue weighted by Gasteiger charge is -2.37. The van der Waals surface area contributed by atoms with Gasteiger partial charge < -0.3 is 80.7 Å². The molecule has 2 aliphatic rings. The molecule has 2 heterocycles. The Balaban J connectivity index is 1.60. The summed E-state index contributed by atoms with van der Waals surface area (Å²) in [5.74, 6) is -14.6. The number of nitrogens with zero attached hydrogens (tertiary/aromatic N) is 2. The maximum Gasteiger partial charge on any atom is 0.344 e. The molecule has 31 heteroatoms.